The molecule has 0 aliphatic carbocycles. The van der Waals surface area contributed by atoms with Gasteiger partial charge in [0.25, 0.3) is 0 Å². The summed E-state index contributed by atoms with van der Waals surface area (Å²) in [4.78, 5) is 12.0. The zero-order valence-electron chi connectivity index (χ0n) is 11.9. The smallest absolute Gasteiger partial charge is 0.250 e. The lowest BCUT2D eigenvalue weighted by molar-refractivity contribution is -0.120. The highest BCUT2D eigenvalue weighted by Crippen LogP contribution is 2.14. The van der Waals surface area contributed by atoms with Crippen molar-refractivity contribution in [3.05, 3.63) is 29.8 Å². The molecule has 0 aliphatic rings. The third-order valence-corrected chi connectivity index (χ3v) is 3.06. The van der Waals surface area contributed by atoms with Crippen molar-refractivity contribution in [1.29, 1.82) is 0 Å². The van der Waals surface area contributed by atoms with Crippen LogP contribution in [0.15, 0.2) is 24.3 Å². The number of benzene rings is 1. The second kappa shape index (κ2) is 9.44. The zero-order chi connectivity index (χ0) is 14.8. The lowest BCUT2D eigenvalue weighted by Gasteiger charge is -2.10. The van der Waals surface area contributed by atoms with Crippen LogP contribution in [0.5, 0.6) is 0 Å². The Morgan fingerprint density at radius 2 is 2.05 bits per heavy atom. The largest absolute Gasteiger partial charge is 0.389 e. The SMILES string of the molecule is CCCCCCOCC(=O)Nc1ccccc1C(N)=S. The molecular weight excluding hydrogens is 272 g/mol. The van der Waals surface area contributed by atoms with Crippen molar-refractivity contribution in [3.8, 4) is 0 Å². The molecule has 0 bridgehead atoms. The molecule has 0 saturated heterocycles. The van der Waals surface area contributed by atoms with Gasteiger partial charge in [-0.3, -0.25) is 4.79 Å². The molecule has 0 aromatic heterocycles. The van der Waals surface area contributed by atoms with Crippen LogP contribution in [0.25, 0.3) is 0 Å². The number of carbonyl (C=O) groups excluding carboxylic acids is 1. The van der Waals surface area contributed by atoms with E-state index in [1.165, 1.54) is 12.8 Å². The Kier molecular flexibility index (Phi) is 7.84. The summed E-state index contributed by atoms with van der Waals surface area (Å²) in [7, 11) is 0. The molecule has 1 aromatic rings. The molecule has 3 N–H and O–H groups in total. The Bertz CT molecular complexity index is 449. The van der Waals surface area contributed by atoms with E-state index in [1.807, 2.05) is 12.1 Å². The summed E-state index contributed by atoms with van der Waals surface area (Å²) >= 11 is 4.94. The van der Waals surface area contributed by atoms with Crippen molar-refractivity contribution in [1.82, 2.24) is 0 Å². The van der Waals surface area contributed by atoms with E-state index in [4.69, 9.17) is 22.7 Å². The second-order valence-corrected chi connectivity index (χ2v) is 5.01. The first-order valence-electron chi connectivity index (χ1n) is 6.91. The van der Waals surface area contributed by atoms with E-state index in [-0.39, 0.29) is 17.5 Å². The number of hydrogen-bond donors (Lipinski definition) is 2. The minimum Gasteiger partial charge on any atom is -0.389 e. The fourth-order valence-corrected chi connectivity index (χ4v) is 1.97. The van der Waals surface area contributed by atoms with Crippen LogP contribution < -0.4 is 11.1 Å². The van der Waals surface area contributed by atoms with Gasteiger partial charge in [-0.25, -0.2) is 0 Å². The maximum atomic E-state index is 11.8. The number of unbranched alkanes of at least 4 members (excludes halogenated alkanes) is 3. The third kappa shape index (κ3) is 6.12. The lowest BCUT2D eigenvalue weighted by Crippen LogP contribution is -2.21. The number of hydrogen-bond acceptors (Lipinski definition) is 3. The first-order valence-corrected chi connectivity index (χ1v) is 7.32. The fourth-order valence-electron chi connectivity index (χ4n) is 1.79. The number of ether oxygens (including phenoxy) is 1. The molecule has 110 valence electrons. The van der Waals surface area contributed by atoms with E-state index in [0.717, 1.165) is 12.8 Å². The van der Waals surface area contributed by atoms with Crippen LogP contribution in [-0.4, -0.2) is 24.1 Å². The Balaban J connectivity index is 2.34. The maximum absolute atomic E-state index is 11.8. The molecule has 1 amide bonds. The van der Waals surface area contributed by atoms with Gasteiger partial charge < -0.3 is 15.8 Å². The highest BCUT2D eigenvalue weighted by Gasteiger charge is 2.08. The van der Waals surface area contributed by atoms with Crippen molar-refractivity contribution < 1.29 is 9.53 Å². The Hall–Kier alpha value is -1.46. The summed E-state index contributed by atoms with van der Waals surface area (Å²) in [6, 6.07) is 7.20. The van der Waals surface area contributed by atoms with Gasteiger partial charge in [-0.05, 0) is 18.6 Å². The summed E-state index contributed by atoms with van der Waals surface area (Å²) in [5.74, 6) is -0.191. The van der Waals surface area contributed by atoms with Crippen molar-refractivity contribution in [3.63, 3.8) is 0 Å². The van der Waals surface area contributed by atoms with Crippen molar-refractivity contribution in [2.45, 2.75) is 32.6 Å². The topological polar surface area (TPSA) is 64.3 Å². The molecule has 5 heteroatoms. The van der Waals surface area contributed by atoms with Crippen LogP contribution in [0.4, 0.5) is 5.69 Å². The molecule has 0 fully saturated rings. The molecule has 0 heterocycles. The first kappa shape index (κ1) is 16.6. The number of amides is 1. The normalized spacial score (nSPS) is 10.2. The summed E-state index contributed by atoms with van der Waals surface area (Å²) in [5, 5.41) is 2.76. The molecule has 0 aliphatic heterocycles. The molecule has 0 spiro atoms. The van der Waals surface area contributed by atoms with Crippen molar-refractivity contribution in [2.24, 2.45) is 5.73 Å². The van der Waals surface area contributed by atoms with Crippen LogP contribution in [0.3, 0.4) is 0 Å². The lowest BCUT2D eigenvalue weighted by atomic mass is 10.2. The van der Waals surface area contributed by atoms with Crippen LogP contribution in [0.2, 0.25) is 0 Å². The van der Waals surface area contributed by atoms with Gasteiger partial charge in [0, 0.05) is 12.2 Å². The number of thiocarbonyl (C=S) groups is 1. The molecule has 0 radical (unpaired) electrons. The van der Waals surface area contributed by atoms with Crippen LogP contribution in [0, 0.1) is 0 Å². The van der Waals surface area contributed by atoms with Gasteiger partial charge >= 0.3 is 0 Å². The van der Waals surface area contributed by atoms with Crippen molar-refractivity contribution in [2.75, 3.05) is 18.5 Å². The van der Waals surface area contributed by atoms with E-state index in [9.17, 15) is 4.79 Å². The van der Waals surface area contributed by atoms with E-state index in [2.05, 4.69) is 12.2 Å². The standard InChI is InChI=1S/C15H22N2O2S/c1-2-3-4-7-10-19-11-14(18)17-13-9-6-5-8-12(13)15(16)20/h5-6,8-9H,2-4,7,10-11H2,1H3,(H2,16,20)(H,17,18). The van der Waals surface area contributed by atoms with Gasteiger partial charge in [-0.2, -0.15) is 0 Å². The number of nitrogens with one attached hydrogen (secondary N) is 1. The van der Waals surface area contributed by atoms with Gasteiger partial charge in [-0.1, -0.05) is 50.5 Å². The Morgan fingerprint density at radius 1 is 1.30 bits per heavy atom. The Morgan fingerprint density at radius 3 is 2.75 bits per heavy atom. The van der Waals surface area contributed by atoms with Crippen LogP contribution in [0.1, 0.15) is 38.2 Å². The number of nitrogens with two attached hydrogens (primary N) is 1. The molecule has 1 aromatic carbocycles. The molecular formula is C15H22N2O2S. The Labute approximate surface area is 125 Å². The number of anilines is 1. The second-order valence-electron chi connectivity index (χ2n) is 4.57. The van der Waals surface area contributed by atoms with Gasteiger partial charge in [0.15, 0.2) is 0 Å². The third-order valence-electron chi connectivity index (χ3n) is 2.84. The highest BCUT2D eigenvalue weighted by atomic mass is 32.1. The zero-order valence-corrected chi connectivity index (χ0v) is 12.7. The summed E-state index contributed by atoms with van der Waals surface area (Å²) in [6.45, 7) is 2.83. The fraction of sp³-hybridized carbons (Fsp3) is 0.467. The van der Waals surface area contributed by atoms with Crippen molar-refractivity contribution >= 4 is 28.8 Å². The highest BCUT2D eigenvalue weighted by molar-refractivity contribution is 7.80. The maximum Gasteiger partial charge on any atom is 0.250 e. The molecule has 0 atom stereocenters. The van der Waals surface area contributed by atoms with Crippen LogP contribution >= 0.6 is 12.2 Å². The monoisotopic (exact) mass is 294 g/mol. The number of carbonyl (C=O) groups is 1. The average molecular weight is 294 g/mol. The number of rotatable bonds is 9. The minimum atomic E-state index is -0.191. The molecule has 4 nitrogen and oxygen atoms in total. The predicted molar refractivity (Wildman–Crippen MR) is 85.9 cm³/mol. The van der Waals surface area contributed by atoms with E-state index in [1.54, 1.807) is 12.1 Å². The van der Waals surface area contributed by atoms with Gasteiger partial charge in [0.05, 0.1) is 5.69 Å². The first-order chi connectivity index (χ1) is 9.65. The van der Waals surface area contributed by atoms with E-state index in [0.29, 0.717) is 17.9 Å². The average Bonchev–Trinajstić information content (AvgIpc) is 2.43. The molecule has 0 saturated carbocycles. The summed E-state index contributed by atoms with van der Waals surface area (Å²) in [6.07, 6.45) is 4.53. The minimum absolute atomic E-state index is 0.0534. The summed E-state index contributed by atoms with van der Waals surface area (Å²) < 4.78 is 5.34. The molecule has 20 heavy (non-hydrogen) atoms. The van der Waals surface area contributed by atoms with E-state index >= 15 is 0 Å². The van der Waals surface area contributed by atoms with E-state index < -0.39 is 0 Å². The van der Waals surface area contributed by atoms with Gasteiger partial charge in [-0.15, -0.1) is 0 Å². The molecule has 1 rings (SSSR count). The molecule has 0 unspecified atom stereocenters. The van der Waals surface area contributed by atoms with Crippen LogP contribution in [-0.2, 0) is 9.53 Å². The quantitative estimate of drug-likeness (QED) is 0.543. The summed E-state index contributed by atoms with van der Waals surface area (Å²) in [5.41, 5.74) is 6.90. The van der Waals surface area contributed by atoms with Gasteiger partial charge in [0.1, 0.15) is 11.6 Å². The predicted octanol–water partition coefficient (Wildman–Crippen LogP) is 2.86. The van der Waals surface area contributed by atoms with Gasteiger partial charge in [0.2, 0.25) is 5.91 Å². The number of para-hydroxylation sites is 1.